The molecule has 4 nitrogen and oxygen atoms in total. The third kappa shape index (κ3) is 5.94. The van der Waals surface area contributed by atoms with Crippen LogP contribution in [0.2, 0.25) is 15.1 Å². The van der Waals surface area contributed by atoms with Gasteiger partial charge in [0.05, 0.1) is 30.3 Å². The van der Waals surface area contributed by atoms with E-state index in [1.807, 2.05) is 89.8 Å². The van der Waals surface area contributed by atoms with Gasteiger partial charge in [0.1, 0.15) is 5.75 Å². The summed E-state index contributed by atoms with van der Waals surface area (Å²) in [6.45, 7) is 1.79. The maximum atomic E-state index is 13.4. The second kappa shape index (κ2) is 11.7. The van der Waals surface area contributed by atoms with Crippen molar-refractivity contribution in [1.29, 1.82) is 0 Å². The Morgan fingerprint density at radius 3 is 2.29 bits per heavy atom. The molecule has 0 spiro atoms. The predicted octanol–water partition coefficient (Wildman–Crippen LogP) is 7.96. The largest absolute Gasteiger partial charge is 0.497 e. The summed E-state index contributed by atoms with van der Waals surface area (Å²) in [7, 11) is 1.66. The number of benzene rings is 4. The topological polar surface area (TPSA) is 32.8 Å². The summed E-state index contributed by atoms with van der Waals surface area (Å²) >= 11 is 18.9. The van der Waals surface area contributed by atoms with Crippen LogP contribution in [0, 0.1) is 0 Å². The first kappa shape index (κ1) is 26.4. The number of halogens is 3. The van der Waals surface area contributed by atoms with Gasteiger partial charge in [-0.25, -0.2) is 0 Å². The minimum absolute atomic E-state index is 0.0703. The van der Waals surface area contributed by atoms with Crippen molar-refractivity contribution in [3.8, 4) is 16.9 Å². The van der Waals surface area contributed by atoms with Crippen LogP contribution in [0.1, 0.15) is 17.2 Å². The van der Waals surface area contributed by atoms with Gasteiger partial charge < -0.3 is 14.5 Å². The van der Waals surface area contributed by atoms with Gasteiger partial charge in [0.15, 0.2) is 0 Å². The van der Waals surface area contributed by atoms with E-state index in [0.717, 1.165) is 33.7 Å². The highest BCUT2D eigenvalue weighted by Gasteiger charge is 2.32. The number of carbonyl (C=O) groups is 1. The van der Waals surface area contributed by atoms with Crippen molar-refractivity contribution < 1.29 is 9.53 Å². The number of anilines is 1. The second-order valence-corrected chi connectivity index (χ2v) is 10.6. The van der Waals surface area contributed by atoms with Crippen molar-refractivity contribution in [3.05, 3.63) is 117 Å². The van der Waals surface area contributed by atoms with Crippen molar-refractivity contribution in [1.82, 2.24) is 4.90 Å². The highest BCUT2D eigenvalue weighted by molar-refractivity contribution is 6.36. The summed E-state index contributed by atoms with van der Waals surface area (Å²) in [6, 6.07) is 29.3. The first-order valence-electron chi connectivity index (χ1n) is 12.4. The number of hydrogen-bond donors (Lipinski definition) is 0. The van der Waals surface area contributed by atoms with E-state index >= 15 is 0 Å². The Bertz CT molecular complexity index is 1420. The molecular formula is C31H27Cl3N2O2. The fraction of sp³-hybridized carbons (Fsp3) is 0.194. The Morgan fingerprint density at radius 1 is 0.842 bits per heavy atom. The lowest BCUT2D eigenvalue weighted by Gasteiger charge is -2.43. The average Bonchev–Trinajstić information content (AvgIpc) is 2.94. The van der Waals surface area contributed by atoms with Crippen LogP contribution in [-0.4, -0.2) is 37.6 Å². The number of methoxy groups -OCH3 is 1. The van der Waals surface area contributed by atoms with Crippen LogP contribution in [0.5, 0.6) is 5.75 Å². The van der Waals surface area contributed by atoms with Crippen LogP contribution >= 0.6 is 34.8 Å². The smallest absolute Gasteiger partial charge is 0.227 e. The molecule has 0 aliphatic carbocycles. The minimum atomic E-state index is -0.0703. The van der Waals surface area contributed by atoms with Gasteiger partial charge in [-0.05, 0) is 64.7 Å². The molecule has 1 aliphatic heterocycles. The maximum Gasteiger partial charge on any atom is 0.227 e. The molecule has 194 valence electrons. The van der Waals surface area contributed by atoms with Crippen molar-refractivity contribution >= 4 is 46.4 Å². The highest BCUT2D eigenvalue weighted by atomic mass is 35.5. The van der Waals surface area contributed by atoms with Crippen LogP contribution in [0.15, 0.2) is 91.0 Å². The molecule has 4 aromatic rings. The molecule has 1 unspecified atom stereocenters. The Balaban J connectivity index is 1.33. The third-order valence-corrected chi connectivity index (χ3v) is 7.71. The number of hydrogen-bond acceptors (Lipinski definition) is 3. The Morgan fingerprint density at radius 2 is 1.58 bits per heavy atom. The normalized spacial score (nSPS) is 15.4. The molecule has 7 heteroatoms. The van der Waals surface area contributed by atoms with Crippen molar-refractivity contribution in [2.45, 2.75) is 12.5 Å². The van der Waals surface area contributed by atoms with Gasteiger partial charge in [-0.15, -0.1) is 0 Å². The lowest BCUT2D eigenvalue weighted by Crippen LogP contribution is -2.51. The van der Waals surface area contributed by atoms with Gasteiger partial charge in [-0.2, -0.15) is 0 Å². The van der Waals surface area contributed by atoms with E-state index in [1.54, 1.807) is 13.2 Å². The highest BCUT2D eigenvalue weighted by Crippen LogP contribution is 2.37. The van der Waals surface area contributed by atoms with Crippen LogP contribution < -0.4 is 9.64 Å². The molecule has 1 heterocycles. The van der Waals surface area contributed by atoms with Crippen molar-refractivity contribution in [3.63, 3.8) is 0 Å². The van der Waals surface area contributed by atoms with E-state index in [0.29, 0.717) is 41.1 Å². The molecule has 0 radical (unpaired) electrons. The van der Waals surface area contributed by atoms with Crippen molar-refractivity contribution in [2.24, 2.45) is 0 Å². The molecule has 1 fully saturated rings. The monoisotopic (exact) mass is 564 g/mol. The van der Waals surface area contributed by atoms with Gasteiger partial charge in [0.25, 0.3) is 0 Å². The molecule has 1 atom stereocenters. The number of carbonyl (C=O) groups excluding carboxylic acids is 1. The molecule has 0 saturated carbocycles. The van der Waals surface area contributed by atoms with Gasteiger partial charge in [0, 0.05) is 29.7 Å². The maximum absolute atomic E-state index is 13.4. The number of amides is 1. The fourth-order valence-electron chi connectivity index (χ4n) is 4.89. The van der Waals surface area contributed by atoms with E-state index in [2.05, 4.69) is 4.90 Å². The number of rotatable bonds is 6. The average molecular weight is 566 g/mol. The zero-order valence-electron chi connectivity index (χ0n) is 20.9. The van der Waals surface area contributed by atoms with Crippen LogP contribution in [0.25, 0.3) is 11.1 Å². The zero-order chi connectivity index (χ0) is 26.6. The Hall–Kier alpha value is -3.18. The van der Waals surface area contributed by atoms with Gasteiger partial charge in [-0.1, -0.05) is 83.3 Å². The standard InChI is InChI=1S/C31H27Cl3N2O2/c1-38-27-4-2-3-24(18-27)22-7-5-21(6-8-22)17-31(37)35-15-16-36(29-14-13-26(33)19-28(29)34)30(20-35)23-9-11-25(32)12-10-23/h2-14,18-19,30H,15-17,20H2,1H3. The second-order valence-electron chi connectivity index (χ2n) is 9.30. The SMILES string of the molecule is COc1cccc(-c2ccc(CC(=O)N3CCN(c4ccc(Cl)cc4Cl)C(c4ccc(Cl)cc4)C3)cc2)c1. The van der Waals surface area contributed by atoms with E-state index in [-0.39, 0.29) is 11.9 Å². The molecule has 0 aromatic heterocycles. The van der Waals surface area contributed by atoms with E-state index < -0.39 is 0 Å². The predicted molar refractivity (Wildman–Crippen MR) is 157 cm³/mol. The lowest BCUT2D eigenvalue weighted by atomic mass is 10.00. The first-order valence-corrected chi connectivity index (χ1v) is 13.5. The molecule has 5 rings (SSSR count). The van der Waals surface area contributed by atoms with Gasteiger partial charge >= 0.3 is 0 Å². The summed E-state index contributed by atoms with van der Waals surface area (Å²) in [5.41, 5.74) is 5.10. The van der Waals surface area contributed by atoms with E-state index in [1.165, 1.54) is 0 Å². The third-order valence-electron chi connectivity index (χ3n) is 6.92. The summed E-state index contributed by atoms with van der Waals surface area (Å²) in [5.74, 6) is 0.913. The number of piperazine rings is 1. The minimum Gasteiger partial charge on any atom is -0.497 e. The Labute approximate surface area is 238 Å². The van der Waals surface area contributed by atoms with Crippen molar-refractivity contribution in [2.75, 3.05) is 31.6 Å². The van der Waals surface area contributed by atoms with Crippen LogP contribution in [0.4, 0.5) is 5.69 Å². The Kier molecular flexibility index (Phi) is 8.13. The molecule has 0 bridgehead atoms. The summed E-state index contributed by atoms with van der Waals surface area (Å²) in [6.07, 6.45) is 0.341. The summed E-state index contributed by atoms with van der Waals surface area (Å²) in [5, 5.41) is 1.85. The summed E-state index contributed by atoms with van der Waals surface area (Å²) in [4.78, 5) is 17.6. The molecule has 1 aliphatic rings. The first-order chi connectivity index (χ1) is 18.4. The number of ether oxygens (including phenoxy) is 1. The van der Waals surface area contributed by atoms with Gasteiger partial charge in [0.2, 0.25) is 5.91 Å². The van der Waals surface area contributed by atoms with Gasteiger partial charge in [-0.3, -0.25) is 4.79 Å². The molecule has 1 saturated heterocycles. The molecule has 38 heavy (non-hydrogen) atoms. The quantitative estimate of drug-likeness (QED) is 0.238. The zero-order valence-corrected chi connectivity index (χ0v) is 23.2. The molecule has 4 aromatic carbocycles. The molecule has 1 amide bonds. The molecular weight excluding hydrogens is 539 g/mol. The lowest BCUT2D eigenvalue weighted by molar-refractivity contribution is -0.131. The van der Waals surface area contributed by atoms with E-state index in [9.17, 15) is 4.79 Å². The summed E-state index contributed by atoms with van der Waals surface area (Å²) < 4.78 is 5.34. The van der Waals surface area contributed by atoms with Crippen LogP contribution in [0.3, 0.4) is 0 Å². The number of nitrogens with zero attached hydrogens (tertiary/aromatic N) is 2. The fourth-order valence-corrected chi connectivity index (χ4v) is 5.53. The van der Waals surface area contributed by atoms with Crippen LogP contribution in [-0.2, 0) is 11.2 Å². The molecule has 0 N–H and O–H groups in total. The van der Waals surface area contributed by atoms with E-state index in [4.69, 9.17) is 39.5 Å².